The lowest BCUT2D eigenvalue weighted by atomic mass is 10.0. The Balaban J connectivity index is 2.06. The monoisotopic (exact) mass is 260 g/mol. The number of aromatic nitrogens is 1. The predicted molar refractivity (Wildman–Crippen MR) is 74.7 cm³/mol. The van der Waals surface area contributed by atoms with Crippen LogP contribution in [0.5, 0.6) is 0 Å². The summed E-state index contributed by atoms with van der Waals surface area (Å²) in [6.45, 7) is 2.11. The van der Waals surface area contributed by atoms with E-state index in [1.807, 2.05) is 12.3 Å². The summed E-state index contributed by atoms with van der Waals surface area (Å²) in [5.41, 5.74) is 9.63. The first-order chi connectivity index (χ1) is 8.25. The van der Waals surface area contributed by atoms with E-state index < -0.39 is 0 Å². The molecule has 0 bridgehead atoms. The van der Waals surface area contributed by atoms with Crippen LogP contribution >= 0.6 is 22.7 Å². The fourth-order valence-electron chi connectivity index (χ4n) is 1.93. The lowest BCUT2D eigenvalue weighted by molar-refractivity contribution is 0.865. The SMILES string of the molecule is Cc1sccc1C(N)c1cnc2ccsc2c1. The standard InChI is InChI=1S/C13H12N2S2/c1-8-10(2-4-16-8)13(14)9-6-12-11(15-7-9)3-5-17-12/h2-7,13H,14H2,1H3. The molecule has 0 aliphatic heterocycles. The number of aryl methyl sites for hydroxylation is 1. The van der Waals surface area contributed by atoms with Gasteiger partial charge < -0.3 is 5.73 Å². The van der Waals surface area contributed by atoms with E-state index in [1.165, 1.54) is 15.1 Å². The number of fused-ring (bicyclic) bond motifs is 1. The number of hydrogen-bond donors (Lipinski definition) is 1. The van der Waals surface area contributed by atoms with Gasteiger partial charge >= 0.3 is 0 Å². The van der Waals surface area contributed by atoms with Gasteiger partial charge in [-0.1, -0.05) is 0 Å². The molecule has 0 amide bonds. The van der Waals surface area contributed by atoms with Crippen LogP contribution in [0.2, 0.25) is 0 Å². The number of thiophene rings is 2. The van der Waals surface area contributed by atoms with Crippen molar-refractivity contribution in [1.29, 1.82) is 0 Å². The predicted octanol–water partition coefficient (Wildman–Crippen LogP) is 3.71. The zero-order chi connectivity index (χ0) is 11.8. The van der Waals surface area contributed by atoms with Gasteiger partial charge in [0.1, 0.15) is 0 Å². The highest BCUT2D eigenvalue weighted by molar-refractivity contribution is 7.17. The fraction of sp³-hybridized carbons (Fsp3) is 0.154. The van der Waals surface area contributed by atoms with Gasteiger partial charge in [-0.15, -0.1) is 22.7 Å². The minimum Gasteiger partial charge on any atom is -0.320 e. The Hall–Kier alpha value is -1.23. The highest BCUT2D eigenvalue weighted by atomic mass is 32.1. The van der Waals surface area contributed by atoms with Crippen molar-refractivity contribution in [2.75, 3.05) is 0 Å². The molecule has 1 atom stereocenters. The van der Waals surface area contributed by atoms with Crippen molar-refractivity contribution in [1.82, 2.24) is 4.98 Å². The van der Waals surface area contributed by atoms with Gasteiger partial charge in [-0.25, -0.2) is 0 Å². The zero-order valence-electron chi connectivity index (χ0n) is 9.38. The highest BCUT2D eigenvalue weighted by Gasteiger charge is 2.13. The highest BCUT2D eigenvalue weighted by Crippen LogP contribution is 2.28. The molecule has 4 heteroatoms. The normalized spacial score (nSPS) is 13.1. The second-order valence-corrected chi connectivity index (χ2v) is 6.05. The summed E-state index contributed by atoms with van der Waals surface area (Å²) < 4.78 is 1.20. The van der Waals surface area contributed by atoms with Crippen molar-refractivity contribution in [2.24, 2.45) is 5.73 Å². The topological polar surface area (TPSA) is 38.9 Å². The van der Waals surface area contributed by atoms with Gasteiger partial charge in [-0.2, -0.15) is 0 Å². The van der Waals surface area contributed by atoms with Gasteiger partial charge in [0.25, 0.3) is 0 Å². The Morgan fingerprint density at radius 3 is 2.82 bits per heavy atom. The van der Waals surface area contributed by atoms with E-state index in [1.54, 1.807) is 22.7 Å². The van der Waals surface area contributed by atoms with Crippen LogP contribution in [0.15, 0.2) is 35.2 Å². The molecule has 0 spiro atoms. The molecule has 2 N–H and O–H groups in total. The van der Waals surface area contributed by atoms with Crippen LogP contribution in [-0.4, -0.2) is 4.98 Å². The Labute approximate surface area is 108 Å². The van der Waals surface area contributed by atoms with Gasteiger partial charge in [0.05, 0.1) is 16.3 Å². The molecule has 86 valence electrons. The lowest BCUT2D eigenvalue weighted by Gasteiger charge is -2.11. The maximum atomic E-state index is 6.29. The zero-order valence-corrected chi connectivity index (χ0v) is 11.0. The summed E-state index contributed by atoms with van der Waals surface area (Å²) in [7, 11) is 0. The third-order valence-electron chi connectivity index (χ3n) is 2.92. The lowest BCUT2D eigenvalue weighted by Crippen LogP contribution is -2.12. The number of nitrogens with zero attached hydrogens (tertiary/aromatic N) is 1. The Bertz CT molecular complexity index is 654. The second-order valence-electron chi connectivity index (χ2n) is 3.98. The average molecular weight is 260 g/mol. The van der Waals surface area contributed by atoms with E-state index in [0.29, 0.717) is 0 Å². The molecule has 3 aromatic heterocycles. The molecule has 0 aliphatic carbocycles. The van der Waals surface area contributed by atoms with Crippen LogP contribution in [0.1, 0.15) is 22.0 Å². The maximum Gasteiger partial charge on any atom is 0.0809 e. The summed E-state index contributed by atoms with van der Waals surface area (Å²) in [4.78, 5) is 5.72. The molecule has 1 unspecified atom stereocenters. The van der Waals surface area contributed by atoms with Crippen molar-refractivity contribution in [3.8, 4) is 0 Å². The Kier molecular flexibility index (Phi) is 2.70. The van der Waals surface area contributed by atoms with Gasteiger partial charge in [0, 0.05) is 11.1 Å². The van der Waals surface area contributed by atoms with Crippen LogP contribution in [0, 0.1) is 6.92 Å². The van der Waals surface area contributed by atoms with Crippen molar-refractivity contribution in [3.05, 3.63) is 51.2 Å². The van der Waals surface area contributed by atoms with E-state index in [0.717, 1.165) is 11.1 Å². The first-order valence-corrected chi connectivity index (χ1v) is 7.14. The molecule has 3 aromatic rings. The summed E-state index contributed by atoms with van der Waals surface area (Å²) in [5.74, 6) is 0. The molecule has 0 aliphatic rings. The minimum absolute atomic E-state index is 0.0692. The van der Waals surface area contributed by atoms with Crippen molar-refractivity contribution in [2.45, 2.75) is 13.0 Å². The quantitative estimate of drug-likeness (QED) is 0.762. The van der Waals surface area contributed by atoms with E-state index >= 15 is 0 Å². The molecule has 0 aromatic carbocycles. The first kappa shape index (κ1) is 10.9. The van der Waals surface area contributed by atoms with E-state index in [9.17, 15) is 0 Å². The van der Waals surface area contributed by atoms with E-state index in [4.69, 9.17) is 5.73 Å². The Morgan fingerprint density at radius 1 is 1.24 bits per heavy atom. The number of nitrogens with two attached hydrogens (primary N) is 1. The third kappa shape index (κ3) is 1.88. The van der Waals surface area contributed by atoms with Gasteiger partial charge in [-0.05, 0) is 47.0 Å². The molecular weight excluding hydrogens is 248 g/mol. The largest absolute Gasteiger partial charge is 0.320 e. The van der Waals surface area contributed by atoms with Crippen LogP contribution in [-0.2, 0) is 0 Å². The van der Waals surface area contributed by atoms with Crippen LogP contribution in [0.25, 0.3) is 10.2 Å². The van der Waals surface area contributed by atoms with Crippen molar-refractivity contribution in [3.63, 3.8) is 0 Å². The third-order valence-corrected chi connectivity index (χ3v) is 4.63. The fourth-order valence-corrected chi connectivity index (χ4v) is 3.47. The average Bonchev–Trinajstić information content (AvgIpc) is 2.95. The molecule has 0 fully saturated rings. The molecule has 2 nitrogen and oxygen atoms in total. The minimum atomic E-state index is -0.0692. The summed E-state index contributed by atoms with van der Waals surface area (Å²) in [6.07, 6.45) is 1.89. The van der Waals surface area contributed by atoms with E-state index in [-0.39, 0.29) is 6.04 Å². The van der Waals surface area contributed by atoms with E-state index in [2.05, 4.69) is 34.8 Å². The molecule has 0 saturated carbocycles. The van der Waals surface area contributed by atoms with Gasteiger partial charge in [0.15, 0.2) is 0 Å². The van der Waals surface area contributed by atoms with Crippen LogP contribution < -0.4 is 5.73 Å². The number of hydrogen-bond acceptors (Lipinski definition) is 4. The Morgan fingerprint density at radius 2 is 2.06 bits per heavy atom. The second kappa shape index (κ2) is 4.22. The molecular formula is C13H12N2S2. The smallest absolute Gasteiger partial charge is 0.0809 e. The molecule has 0 saturated heterocycles. The molecule has 0 radical (unpaired) electrons. The molecule has 17 heavy (non-hydrogen) atoms. The molecule has 3 rings (SSSR count). The first-order valence-electron chi connectivity index (χ1n) is 5.38. The maximum absolute atomic E-state index is 6.29. The summed E-state index contributed by atoms with van der Waals surface area (Å²) in [5, 5.41) is 4.14. The van der Waals surface area contributed by atoms with Gasteiger partial charge in [-0.3, -0.25) is 4.98 Å². The van der Waals surface area contributed by atoms with Crippen LogP contribution in [0.3, 0.4) is 0 Å². The molecule has 3 heterocycles. The van der Waals surface area contributed by atoms with Crippen molar-refractivity contribution >= 4 is 32.9 Å². The summed E-state index contributed by atoms with van der Waals surface area (Å²) in [6, 6.07) is 6.21. The summed E-state index contributed by atoms with van der Waals surface area (Å²) >= 11 is 3.44. The number of pyridine rings is 1. The van der Waals surface area contributed by atoms with Crippen molar-refractivity contribution < 1.29 is 0 Å². The van der Waals surface area contributed by atoms with Gasteiger partial charge in [0.2, 0.25) is 0 Å². The number of rotatable bonds is 2. The van der Waals surface area contributed by atoms with Crippen LogP contribution in [0.4, 0.5) is 0 Å².